The van der Waals surface area contributed by atoms with Crippen molar-refractivity contribution >= 4 is 12.1 Å². The zero-order valence-electron chi connectivity index (χ0n) is 13.0. The predicted octanol–water partition coefficient (Wildman–Crippen LogP) is 2.54. The lowest BCUT2D eigenvalue weighted by Crippen LogP contribution is -2.38. The van der Waals surface area contributed by atoms with Crippen LogP contribution in [0.1, 0.15) is 26.3 Å². The molecule has 1 N–H and O–H groups in total. The van der Waals surface area contributed by atoms with E-state index in [1.807, 2.05) is 30.3 Å². The maximum atomic E-state index is 11.8. The lowest BCUT2D eigenvalue weighted by atomic mass is 9.99. The lowest BCUT2D eigenvalue weighted by molar-refractivity contribution is -0.145. The van der Waals surface area contributed by atoms with E-state index in [9.17, 15) is 9.59 Å². The number of alkyl carbamates (subject to hydrolysis) is 1. The van der Waals surface area contributed by atoms with E-state index in [1.54, 1.807) is 20.8 Å². The Morgan fingerprint density at radius 3 is 2.33 bits per heavy atom. The van der Waals surface area contributed by atoms with Crippen LogP contribution in [0.5, 0.6) is 0 Å². The third-order valence-electron chi connectivity index (χ3n) is 2.75. The van der Waals surface area contributed by atoms with E-state index in [0.29, 0.717) is 6.42 Å². The first kappa shape index (κ1) is 17.0. The summed E-state index contributed by atoms with van der Waals surface area (Å²) in [7, 11) is 1.34. The summed E-state index contributed by atoms with van der Waals surface area (Å²) in [5.41, 5.74) is 0.448. The van der Waals surface area contributed by atoms with Crippen molar-refractivity contribution in [3.05, 3.63) is 35.9 Å². The second-order valence-corrected chi connectivity index (χ2v) is 5.79. The Hall–Kier alpha value is -2.04. The molecule has 0 aliphatic carbocycles. The molecule has 1 aromatic rings. The molecule has 5 nitrogen and oxygen atoms in total. The smallest absolute Gasteiger partial charge is 0.407 e. The van der Waals surface area contributed by atoms with E-state index in [1.165, 1.54) is 7.11 Å². The zero-order valence-corrected chi connectivity index (χ0v) is 13.0. The highest BCUT2D eigenvalue weighted by molar-refractivity contribution is 5.74. The molecule has 21 heavy (non-hydrogen) atoms. The van der Waals surface area contributed by atoms with E-state index in [0.717, 1.165) is 5.56 Å². The Kier molecular flexibility index (Phi) is 6.21. The number of ether oxygens (including phenoxy) is 2. The monoisotopic (exact) mass is 293 g/mol. The number of esters is 1. The van der Waals surface area contributed by atoms with Crippen LogP contribution in [0.3, 0.4) is 0 Å². The number of nitrogens with one attached hydrogen (secondary N) is 1. The van der Waals surface area contributed by atoms with E-state index in [2.05, 4.69) is 5.32 Å². The molecule has 0 fully saturated rings. The molecule has 0 saturated carbocycles. The highest BCUT2D eigenvalue weighted by Gasteiger charge is 2.22. The summed E-state index contributed by atoms with van der Waals surface area (Å²) < 4.78 is 9.94. The lowest BCUT2D eigenvalue weighted by Gasteiger charge is -2.21. The molecule has 1 aromatic carbocycles. The average molecular weight is 293 g/mol. The number of rotatable bonds is 5. The van der Waals surface area contributed by atoms with Gasteiger partial charge in [-0.2, -0.15) is 0 Å². The fourth-order valence-electron chi connectivity index (χ4n) is 1.82. The number of carbonyl (C=O) groups is 2. The molecule has 0 heterocycles. The summed E-state index contributed by atoms with van der Waals surface area (Å²) in [6.45, 7) is 5.54. The molecule has 1 atom stereocenters. The van der Waals surface area contributed by atoms with Crippen molar-refractivity contribution in [1.29, 1.82) is 0 Å². The van der Waals surface area contributed by atoms with E-state index in [-0.39, 0.29) is 12.5 Å². The van der Waals surface area contributed by atoms with Crippen molar-refractivity contribution < 1.29 is 19.1 Å². The van der Waals surface area contributed by atoms with E-state index < -0.39 is 17.6 Å². The Morgan fingerprint density at radius 2 is 1.81 bits per heavy atom. The van der Waals surface area contributed by atoms with Gasteiger partial charge in [0.2, 0.25) is 0 Å². The number of hydrogen-bond acceptors (Lipinski definition) is 4. The quantitative estimate of drug-likeness (QED) is 0.847. The van der Waals surface area contributed by atoms with Gasteiger partial charge in [-0.3, -0.25) is 4.79 Å². The number of carbonyl (C=O) groups excluding carboxylic acids is 2. The van der Waals surface area contributed by atoms with Crippen molar-refractivity contribution in [2.75, 3.05) is 13.7 Å². The predicted molar refractivity (Wildman–Crippen MR) is 79.9 cm³/mol. The summed E-state index contributed by atoms with van der Waals surface area (Å²) in [4.78, 5) is 23.4. The molecule has 1 unspecified atom stereocenters. The standard InChI is InChI=1S/C16H23NO4/c1-16(2,3)21-15(19)17-11-13(14(18)20-4)10-12-8-6-5-7-9-12/h5-9,13H,10-11H2,1-4H3,(H,17,19). The molecule has 1 rings (SSSR count). The molecule has 116 valence electrons. The van der Waals surface area contributed by atoms with E-state index in [4.69, 9.17) is 9.47 Å². The highest BCUT2D eigenvalue weighted by Crippen LogP contribution is 2.11. The van der Waals surface area contributed by atoms with Crippen LogP contribution in [-0.4, -0.2) is 31.3 Å². The minimum Gasteiger partial charge on any atom is -0.469 e. The molecule has 0 saturated heterocycles. The second kappa shape index (κ2) is 7.67. The maximum absolute atomic E-state index is 11.8. The molecule has 0 aromatic heterocycles. The third kappa shape index (κ3) is 6.79. The minimum atomic E-state index is -0.565. The molecule has 5 heteroatoms. The van der Waals surface area contributed by atoms with Gasteiger partial charge in [0.1, 0.15) is 5.60 Å². The van der Waals surface area contributed by atoms with Gasteiger partial charge in [-0.15, -0.1) is 0 Å². The highest BCUT2D eigenvalue weighted by atomic mass is 16.6. The van der Waals surface area contributed by atoms with Crippen LogP contribution in [0.15, 0.2) is 30.3 Å². The van der Waals surface area contributed by atoms with Gasteiger partial charge in [0.25, 0.3) is 0 Å². The van der Waals surface area contributed by atoms with Crippen molar-refractivity contribution in [2.45, 2.75) is 32.8 Å². The number of benzene rings is 1. The molecule has 1 amide bonds. The fourth-order valence-corrected chi connectivity index (χ4v) is 1.82. The fraction of sp³-hybridized carbons (Fsp3) is 0.500. The van der Waals surface area contributed by atoms with E-state index >= 15 is 0 Å². The van der Waals surface area contributed by atoms with Crippen molar-refractivity contribution in [3.8, 4) is 0 Å². The Balaban J connectivity index is 2.59. The summed E-state index contributed by atoms with van der Waals surface area (Å²) in [5.74, 6) is -0.792. The minimum absolute atomic E-state index is 0.177. The van der Waals surface area contributed by atoms with Gasteiger partial charge < -0.3 is 14.8 Å². The Bertz CT molecular complexity index is 465. The van der Waals surface area contributed by atoms with Crippen LogP contribution in [0.4, 0.5) is 4.79 Å². The molecule has 0 bridgehead atoms. The summed E-state index contributed by atoms with van der Waals surface area (Å²) in [5, 5.41) is 2.61. The van der Waals surface area contributed by atoms with Crippen molar-refractivity contribution in [3.63, 3.8) is 0 Å². The van der Waals surface area contributed by atoms with Crippen LogP contribution < -0.4 is 5.32 Å². The second-order valence-electron chi connectivity index (χ2n) is 5.79. The Labute approximate surface area is 125 Å². The van der Waals surface area contributed by atoms with Crippen LogP contribution in [0.2, 0.25) is 0 Å². The SMILES string of the molecule is COC(=O)C(CNC(=O)OC(C)(C)C)Cc1ccccc1. The van der Waals surface area contributed by atoms with Crippen LogP contribution in [0, 0.1) is 5.92 Å². The summed E-state index contributed by atoms with van der Waals surface area (Å²) in [6.07, 6.45) is -0.0342. The van der Waals surface area contributed by atoms with Crippen LogP contribution in [0.25, 0.3) is 0 Å². The first-order valence-electron chi connectivity index (χ1n) is 6.90. The first-order valence-corrected chi connectivity index (χ1v) is 6.90. The normalized spacial score (nSPS) is 12.4. The molecule has 0 spiro atoms. The first-order chi connectivity index (χ1) is 9.81. The zero-order chi connectivity index (χ0) is 15.9. The van der Waals surface area contributed by atoms with Gasteiger partial charge in [-0.1, -0.05) is 30.3 Å². The topological polar surface area (TPSA) is 64.6 Å². The number of methoxy groups -OCH3 is 1. The molecule has 0 aliphatic heterocycles. The van der Waals surface area contributed by atoms with Crippen LogP contribution in [-0.2, 0) is 20.7 Å². The summed E-state index contributed by atoms with van der Waals surface area (Å²) >= 11 is 0. The van der Waals surface area contributed by atoms with Gasteiger partial charge in [0.05, 0.1) is 13.0 Å². The van der Waals surface area contributed by atoms with Crippen LogP contribution >= 0.6 is 0 Å². The molecule has 0 radical (unpaired) electrons. The maximum Gasteiger partial charge on any atom is 0.407 e. The molecular weight excluding hydrogens is 270 g/mol. The van der Waals surface area contributed by atoms with Gasteiger partial charge in [-0.25, -0.2) is 4.79 Å². The number of amides is 1. The van der Waals surface area contributed by atoms with Gasteiger partial charge >= 0.3 is 12.1 Å². The van der Waals surface area contributed by atoms with Gasteiger partial charge in [0, 0.05) is 6.54 Å². The third-order valence-corrected chi connectivity index (χ3v) is 2.75. The number of hydrogen-bond donors (Lipinski definition) is 1. The molecular formula is C16H23NO4. The Morgan fingerprint density at radius 1 is 1.19 bits per heavy atom. The molecule has 0 aliphatic rings. The average Bonchev–Trinajstić information content (AvgIpc) is 2.41. The largest absolute Gasteiger partial charge is 0.469 e. The summed E-state index contributed by atoms with van der Waals surface area (Å²) in [6, 6.07) is 9.60. The van der Waals surface area contributed by atoms with Crippen molar-refractivity contribution in [2.24, 2.45) is 5.92 Å². The van der Waals surface area contributed by atoms with Gasteiger partial charge in [0.15, 0.2) is 0 Å². The van der Waals surface area contributed by atoms with Gasteiger partial charge in [-0.05, 0) is 32.8 Å². The van der Waals surface area contributed by atoms with Crippen molar-refractivity contribution in [1.82, 2.24) is 5.32 Å².